The molecule has 3 aromatic rings. The van der Waals surface area contributed by atoms with E-state index in [1.165, 1.54) is 12.0 Å². The van der Waals surface area contributed by atoms with Gasteiger partial charge in [0.25, 0.3) is 16.1 Å². The molecule has 4 atom stereocenters. The number of ether oxygens (including phenoxy) is 1. The number of aromatic nitrogens is 1. The molecule has 3 N–H and O–H groups in total. The molecule has 1 aromatic heterocycles. The highest BCUT2D eigenvalue weighted by atomic mass is 32.2. The fourth-order valence-electron chi connectivity index (χ4n) is 9.20. The van der Waals surface area contributed by atoms with E-state index in [1.807, 2.05) is 16.9 Å². The molecule has 11 heteroatoms. The molecule has 2 aliphatic carbocycles. The summed E-state index contributed by atoms with van der Waals surface area (Å²) in [6.45, 7) is 2.03. The first-order valence-electron chi connectivity index (χ1n) is 16.3. The zero-order valence-corrected chi connectivity index (χ0v) is 26.7. The van der Waals surface area contributed by atoms with Gasteiger partial charge in [-0.1, -0.05) is 25.3 Å². The second kappa shape index (κ2) is 10.3. The third-order valence-electron chi connectivity index (χ3n) is 11.6. The Labute approximate surface area is 264 Å². The van der Waals surface area contributed by atoms with Gasteiger partial charge in [-0.3, -0.25) is 14.5 Å². The molecule has 4 fully saturated rings. The average Bonchev–Trinajstić information content (AvgIpc) is 3.65. The predicted molar refractivity (Wildman–Crippen MR) is 171 cm³/mol. The Kier molecular flexibility index (Phi) is 6.64. The van der Waals surface area contributed by atoms with Crippen molar-refractivity contribution in [3.63, 3.8) is 0 Å². The summed E-state index contributed by atoms with van der Waals surface area (Å²) in [5, 5.41) is 6.21. The van der Waals surface area contributed by atoms with Gasteiger partial charge in [-0.2, -0.15) is 8.42 Å². The smallest absolute Gasteiger partial charge is 0.298 e. The van der Waals surface area contributed by atoms with Crippen LogP contribution in [0, 0.1) is 5.41 Å². The minimum Gasteiger partial charge on any atom is -0.497 e. The molecular weight excluding hydrogens is 590 g/mol. The summed E-state index contributed by atoms with van der Waals surface area (Å²) in [5.41, 5.74) is 5.15. The predicted octanol–water partition coefficient (Wildman–Crippen LogP) is 4.09. The molecular formula is C34H41N5O5S. The number of hydrogen-bond donors (Lipinski definition) is 2. The monoisotopic (exact) mass is 631 g/mol. The number of carbonyl (C=O) groups is 2. The standard InChI is InChI=1S/C34H41N5O5S/c1-37-22-9-10-23(37)18-38(17-22)33(41)34-16-28(34)27-15-24(44-2)11-13-25(27)31-30(20-6-4-3-5-7-20)26-12-8-21(14-29(26)39(31)19-34)32(40)36-45(35,42)43/h8,11-15,20,22-23,28H,3-7,9-10,16-19H2,1-2H3,(H,36,40)(H2,35,42,43). The van der Waals surface area contributed by atoms with E-state index in [9.17, 15) is 18.0 Å². The van der Waals surface area contributed by atoms with Gasteiger partial charge >= 0.3 is 0 Å². The first kappa shape index (κ1) is 29.0. The van der Waals surface area contributed by atoms with Crippen LogP contribution >= 0.6 is 0 Å². The minimum atomic E-state index is -4.22. The summed E-state index contributed by atoms with van der Waals surface area (Å²) >= 11 is 0. The lowest BCUT2D eigenvalue weighted by molar-refractivity contribution is -0.141. The van der Waals surface area contributed by atoms with Crippen molar-refractivity contribution in [2.45, 2.75) is 81.8 Å². The third kappa shape index (κ3) is 4.60. The fraction of sp³-hybridized carbons (Fsp3) is 0.529. The van der Waals surface area contributed by atoms with Crippen molar-refractivity contribution in [2.24, 2.45) is 10.6 Å². The van der Waals surface area contributed by atoms with Gasteiger partial charge in [0.15, 0.2) is 0 Å². The summed E-state index contributed by atoms with van der Waals surface area (Å²) in [7, 11) is -0.353. The third-order valence-corrected chi connectivity index (χ3v) is 12.0. The molecule has 5 aliphatic rings. The molecule has 4 heterocycles. The molecule has 10 nitrogen and oxygen atoms in total. The maximum atomic E-state index is 14.8. The van der Waals surface area contributed by atoms with Crippen LogP contribution in [0.4, 0.5) is 0 Å². The number of methoxy groups -OCH3 is 1. The van der Waals surface area contributed by atoms with E-state index in [0.29, 0.717) is 24.5 Å². The van der Waals surface area contributed by atoms with Crippen LogP contribution in [0.2, 0.25) is 0 Å². The Bertz CT molecular complexity index is 1830. The second-order valence-electron chi connectivity index (χ2n) is 14.0. The Morgan fingerprint density at radius 1 is 1.00 bits per heavy atom. The number of nitrogens with one attached hydrogen (secondary N) is 1. The highest BCUT2D eigenvalue weighted by Crippen LogP contribution is 2.66. The summed E-state index contributed by atoms with van der Waals surface area (Å²) in [6.07, 6.45) is 8.74. The van der Waals surface area contributed by atoms with Crippen molar-refractivity contribution in [1.82, 2.24) is 19.1 Å². The topological polar surface area (TPSA) is 127 Å². The molecule has 238 valence electrons. The SMILES string of the molecule is COc1ccc2c(c1)C1CC1(C(=O)N1CC3CCC(C1)N3C)Cn1c-2c(C2CCCCC2)c2ccc(C(=O)NS(N)(=O)=O)cc21. The Balaban J connectivity index is 1.32. The number of nitrogens with zero attached hydrogens (tertiary/aromatic N) is 3. The number of likely N-dealkylation sites (tertiary alicyclic amines) is 1. The van der Waals surface area contributed by atoms with Gasteiger partial charge in [-0.25, -0.2) is 9.86 Å². The van der Waals surface area contributed by atoms with Crippen LogP contribution in [0.1, 0.15) is 84.7 Å². The van der Waals surface area contributed by atoms with Crippen molar-refractivity contribution >= 4 is 32.9 Å². The summed E-state index contributed by atoms with van der Waals surface area (Å²) in [5.74, 6) is 0.658. The number of likely N-dealkylation sites (N-methyl/N-ethyl adjacent to an activating group) is 1. The van der Waals surface area contributed by atoms with Gasteiger partial charge < -0.3 is 14.2 Å². The molecule has 3 aliphatic heterocycles. The van der Waals surface area contributed by atoms with Crippen molar-refractivity contribution in [2.75, 3.05) is 27.2 Å². The number of benzene rings is 2. The van der Waals surface area contributed by atoms with Gasteiger partial charge in [0.2, 0.25) is 5.91 Å². The van der Waals surface area contributed by atoms with Crippen LogP contribution in [0.5, 0.6) is 5.75 Å². The van der Waals surface area contributed by atoms with Gasteiger partial charge in [0.1, 0.15) is 5.75 Å². The van der Waals surface area contributed by atoms with E-state index >= 15 is 0 Å². The van der Waals surface area contributed by atoms with Gasteiger partial charge in [-0.15, -0.1) is 0 Å². The molecule has 4 unspecified atom stereocenters. The first-order chi connectivity index (χ1) is 21.6. The van der Waals surface area contributed by atoms with Crippen molar-refractivity contribution in [1.29, 1.82) is 0 Å². The molecule has 2 aromatic carbocycles. The molecule has 0 spiro atoms. The number of amides is 2. The van der Waals surface area contributed by atoms with E-state index in [2.05, 4.69) is 33.5 Å². The van der Waals surface area contributed by atoms with E-state index in [0.717, 1.165) is 91.5 Å². The second-order valence-corrected chi connectivity index (χ2v) is 15.3. The Morgan fingerprint density at radius 2 is 1.73 bits per heavy atom. The zero-order valence-electron chi connectivity index (χ0n) is 25.9. The van der Waals surface area contributed by atoms with Crippen LogP contribution in [-0.4, -0.2) is 73.9 Å². The summed E-state index contributed by atoms with van der Waals surface area (Å²) < 4.78 is 33.4. The highest BCUT2D eigenvalue weighted by Gasteiger charge is 2.64. The van der Waals surface area contributed by atoms with E-state index in [1.54, 1.807) is 19.2 Å². The van der Waals surface area contributed by atoms with Crippen LogP contribution in [0.3, 0.4) is 0 Å². The lowest BCUT2D eigenvalue weighted by atomic mass is 9.81. The van der Waals surface area contributed by atoms with Crippen LogP contribution in [0.15, 0.2) is 36.4 Å². The summed E-state index contributed by atoms with van der Waals surface area (Å²) in [4.78, 5) is 32.3. The van der Waals surface area contributed by atoms with Gasteiger partial charge in [0.05, 0.1) is 18.2 Å². The number of piperazine rings is 1. The van der Waals surface area contributed by atoms with Gasteiger partial charge in [0, 0.05) is 59.7 Å². The zero-order chi connectivity index (χ0) is 31.2. The van der Waals surface area contributed by atoms with Crippen molar-refractivity contribution in [3.05, 3.63) is 53.1 Å². The number of carbonyl (C=O) groups excluding carboxylic acids is 2. The van der Waals surface area contributed by atoms with Crippen LogP contribution in [-0.2, 0) is 21.5 Å². The maximum Gasteiger partial charge on any atom is 0.298 e. The first-order valence-corrected chi connectivity index (χ1v) is 17.8. The molecule has 2 saturated heterocycles. The molecule has 0 radical (unpaired) electrons. The maximum absolute atomic E-state index is 14.8. The lowest BCUT2D eigenvalue weighted by Crippen LogP contribution is -2.55. The highest BCUT2D eigenvalue weighted by molar-refractivity contribution is 7.87. The van der Waals surface area contributed by atoms with E-state index < -0.39 is 21.5 Å². The van der Waals surface area contributed by atoms with Crippen LogP contribution < -0.4 is 14.6 Å². The number of nitrogens with two attached hydrogens (primary N) is 1. The fourth-order valence-corrected chi connectivity index (χ4v) is 9.58. The number of fused-ring (bicyclic) bond motifs is 9. The normalized spacial score (nSPS) is 27.8. The quantitative estimate of drug-likeness (QED) is 0.437. The Hall–Kier alpha value is -3.41. The van der Waals surface area contributed by atoms with Gasteiger partial charge in [-0.05, 0) is 86.5 Å². The average molecular weight is 632 g/mol. The lowest BCUT2D eigenvalue weighted by Gasteiger charge is -2.40. The largest absolute Gasteiger partial charge is 0.497 e. The summed E-state index contributed by atoms with van der Waals surface area (Å²) in [6, 6.07) is 12.5. The van der Waals surface area contributed by atoms with Crippen LogP contribution in [0.25, 0.3) is 22.2 Å². The molecule has 2 amide bonds. The van der Waals surface area contributed by atoms with E-state index in [4.69, 9.17) is 9.88 Å². The minimum absolute atomic E-state index is 0.0652. The van der Waals surface area contributed by atoms with E-state index in [-0.39, 0.29) is 17.4 Å². The Morgan fingerprint density at radius 3 is 2.42 bits per heavy atom. The number of hydrogen-bond acceptors (Lipinski definition) is 6. The van der Waals surface area contributed by atoms with Crippen molar-refractivity contribution in [3.8, 4) is 17.0 Å². The molecule has 45 heavy (non-hydrogen) atoms. The number of rotatable bonds is 5. The molecule has 2 bridgehead atoms. The molecule has 2 saturated carbocycles. The molecule has 8 rings (SSSR count). The van der Waals surface area contributed by atoms with Crippen molar-refractivity contribution < 1.29 is 22.7 Å².